The number of carbonyl (C=O) groups excluding carboxylic acids is 2. The predicted octanol–water partition coefficient (Wildman–Crippen LogP) is 5.07. The lowest BCUT2D eigenvalue weighted by atomic mass is 10.2. The number of hydrogen-bond acceptors (Lipinski definition) is 5. The average Bonchev–Trinajstić information content (AvgIpc) is 2.79. The topological polar surface area (TPSA) is 67.9 Å². The van der Waals surface area contributed by atoms with E-state index in [1.807, 2.05) is 68.4 Å². The van der Waals surface area contributed by atoms with Gasteiger partial charge in [-0.2, -0.15) is 0 Å². The van der Waals surface area contributed by atoms with Gasteiger partial charge in [-0.1, -0.05) is 18.2 Å². The highest BCUT2D eigenvalue weighted by Crippen LogP contribution is 2.28. The van der Waals surface area contributed by atoms with Crippen LogP contribution in [0.1, 0.15) is 24.2 Å². The van der Waals surface area contributed by atoms with E-state index in [0.29, 0.717) is 17.1 Å². The summed E-state index contributed by atoms with van der Waals surface area (Å²) in [7, 11) is 1.49. The summed E-state index contributed by atoms with van der Waals surface area (Å²) in [5.74, 6) is 0.637. The normalized spacial score (nSPS) is 10.5. The molecule has 1 N–H and O–H groups in total. The summed E-state index contributed by atoms with van der Waals surface area (Å²) in [5.41, 5.74) is 3.19. The van der Waals surface area contributed by atoms with Crippen molar-refractivity contribution in [2.75, 3.05) is 23.9 Å². The highest BCUT2D eigenvalue weighted by molar-refractivity contribution is 5.95. The molecule has 0 bridgehead atoms. The van der Waals surface area contributed by atoms with Crippen LogP contribution in [0.2, 0.25) is 0 Å². The Labute approximate surface area is 182 Å². The molecule has 3 aromatic rings. The zero-order valence-corrected chi connectivity index (χ0v) is 17.9. The number of rotatable bonds is 9. The van der Waals surface area contributed by atoms with E-state index >= 15 is 0 Å². The Kier molecular flexibility index (Phi) is 7.27. The van der Waals surface area contributed by atoms with Gasteiger partial charge in [0.15, 0.2) is 18.1 Å². The van der Waals surface area contributed by atoms with Crippen LogP contribution in [0.5, 0.6) is 11.5 Å². The van der Waals surface area contributed by atoms with Crippen molar-refractivity contribution >= 4 is 29.3 Å². The summed E-state index contributed by atoms with van der Waals surface area (Å²) in [5, 5.41) is 3.33. The van der Waals surface area contributed by atoms with Crippen LogP contribution < -0.4 is 19.7 Å². The fraction of sp³-hybridized carbons (Fsp3) is 0.200. The van der Waals surface area contributed by atoms with Gasteiger partial charge < -0.3 is 19.7 Å². The molecule has 160 valence electrons. The summed E-state index contributed by atoms with van der Waals surface area (Å²) >= 11 is 0. The van der Waals surface area contributed by atoms with Gasteiger partial charge in [-0.15, -0.1) is 0 Å². The van der Waals surface area contributed by atoms with E-state index in [1.165, 1.54) is 7.11 Å². The first-order valence-corrected chi connectivity index (χ1v) is 10.0. The minimum absolute atomic E-state index is 0.0524. The zero-order chi connectivity index (χ0) is 22.2. The third kappa shape index (κ3) is 5.63. The lowest BCUT2D eigenvalue weighted by Gasteiger charge is -2.27. The summed E-state index contributed by atoms with van der Waals surface area (Å²) in [6.45, 7) is 3.75. The van der Waals surface area contributed by atoms with Gasteiger partial charge in [-0.3, -0.25) is 9.59 Å². The number of nitrogens with one attached hydrogen (secondary N) is 1. The van der Waals surface area contributed by atoms with Crippen molar-refractivity contribution in [3.8, 4) is 11.5 Å². The number of aldehydes is 1. The number of benzene rings is 3. The van der Waals surface area contributed by atoms with Gasteiger partial charge in [0, 0.05) is 28.7 Å². The van der Waals surface area contributed by atoms with Gasteiger partial charge in [0.1, 0.15) is 6.29 Å². The first kappa shape index (κ1) is 21.9. The Morgan fingerprint density at radius 2 is 1.65 bits per heavy atom. The summed E-state index contributed by atoms with van der Waals surface area (Å²) in [6, 6.07) is 22.3. The number of ether oxygens (including phenoxy) is 2. The van der Waals surface area contributed by atoms with E-state index < -0.39 is 0 Å². The molecule has 0 aliphatic carbocycles. The number of hydrogen-bond donors (Lipinski definition) is 1. The van der Waals surface area contributed by atoms with Gasteiger partial charge in [0.2, 0.25) is 0 Å². The molecule has 0 saturated heterocycles. The van der Waals surface area contributed by atoms with Crippen LogP contribution in [0.4, 0.5) is 17.1 Å². The second-order valence-electron chi connectivity index (χ2n) is 7.21. The molecule has 0 aliphatic heterocycles. The van der Waals surface area contributed by atoms with Crippen molar-refractivity contribution in [2.24, 2.45) is 0 Å². The number of para-hydroxylation sites is 1. The molecule has 31 heavy (non-hydrogen) atoms. The minimum atomic E-state index is -0.180. The quantitative estimate of drug-likeness (QED) is 0.491. The second-order valence-corrected chi connectivity index (χ2v) is 7.21. The molecule has 3 rings (SSSR count). The summed E-state index contributed by atoms with van der Waals surface area (Å²) in [4.78, 5) is 25.6. The number of amides is 1. The van der Waals surface area contributed by atoms with Gasteiger partial charge >= 0.3 is 0 Å². The standard InChI is InChI=1S/C25H26N2O4/c1-18(2)27(22-12-10-21(11-13-22)26-20-7-5-4-6-8-20)25(29)17-31-23-14-9-19(16-28)15-24(23)30-3/h4-16,18,26H,17H2,1-3H3. The monoisotopic (exact) mass is 418 g/mol. The minimum Gasteiger partial charge on any atom is -0.493 e. The largest absolute Gasteiger partial charge is 0.493 e. The number of methoxy groups -OCH3 is 1. The molecular formula is C25H26N2O4. The molecule has 6 heteroatoms. The van der Waals surface area contributed by atoms with Crippen LogP contribution >= 0.6 is 0 Å². The molecule has 0 saturated carbocycles. The van der Waals surface area contributed by atoms with Crippen molar-refractivity contribution < 1.29 is 19.1 Å². The van der Waals surface area contributed by atoms with E-state index in [-0.39, 0.29) is 18.6 Å². The van der Waals surface area contributed by atoms with Crippen LogP contribution in [0, 0.1) is 0 Å². The van der Waals surface area contributed by atoms with Crippen LogP contribution in [0.3, 0.4) is 0 Å². The van der Waals surface area contributed by atoms with E-state index in [0.717, 1.165) is 23.3 Å². The Bertz CT molecular complexity index is 1020. The first-order valence-electron chi connectivity index (χ1n) is 10.0. The van der Waals surface area contributed by atoms with Crippen LogP contribution in [0.25, 0.3) is 0 Å². The van der Waals surface area contributed by atoms with Gasteiger partial charge in [0.25, 0.3) is 5.91 Å². The van der Waals surface area contributed by atoms with Crippen molar-refractivity contribution in [3.05, 3.63) is 78.4 Å². The molecule has 0 radical (unpaired) electrons. The van der Waals surface area contributed by atoms with Crippen LogP contribution in [-0.4, -0.2) is 32.0 Å². The maximum Gasteiger partial charge on any atom is 0.265 e. The van der Waals surface area contributed by atoms with Crippen LogP contribution in [-0.2, 0) is 4.79 Å². The Balaban J connectivity index is 1.70. The molecule has 1 amide bonds. The molecule has 0 heterocycles. The van der Waals surface area contributed by atoms with Crippen molar-refractivity contribution in [1.82, 2.24) is 0 Å². The van der Waals surface area contributed by atoms with Crippen molar-refractivity contribution in [1.29, 1.82) is 0 Å². The maximum absolute atomic E-state index is 12.9. The molecular weight excluding hydrogens is 392 g/mol. The smallest absolute Gasteiger partial charge is 0.265 e. The van der Waals surface area contributed by atoms with Gasteiger partial charge in [-0.25, -0.2) is 0 Å². The van der Waals surface area contributed by atoms with E-state index in [1.54, 1.807) is 23.1 Å². The first-order chi connectivity index (χ1) is 15.0. The molecule has 0 aromatic heterocycles. The third-order valence-corrected chi connectivity index (χ3v) is 4.67. The SMILES string of the molecule is COc1cc(C=O)ccc1OCC(=O)N(c1ccc(Nc2ccccc2)cc1)C(C)C. The molecule has 0 atom stereocenters. The maximum atomic E-state index is 12.9. The van der Waals surface area contributed by atoms with Crippen molar-refractivity contribution in [3.63, 3.8) is 0 Å². The van der Waals surface area contributed by atoms with E-state index in [2.05, 4.69) is 5.32 Å². The number of nitrogens with zero attached hydrogens (tertiary/aromatic N) is 1. The summed E-state index contributed by atoms with van der Waals surface area (Å²) < 4.78 is 11.0. The molecule has 0 aliphatic rings. The lowest BCUT2D eigenvalue weighted by molar-refractivity contribution is -0.120. The molecule has 0 fully saturated rings. The Morgan fingerprint density at radius 3 is 2.26 bits per heavy atom. The highest BCUT2D eigenvalue weighted by atomic mass is 16.5. The number of carbonyl (C=O) groups is 2. The lowest BCUT2D eigenvalue weighted by Crippen LogP contribution is -2.40. The summed E-state index contributed by atoms with van der Waals surface area (Å²) in [6.07, 6.45) is 0.730. The van der Waals surface area contributed by atoms with Crippen LogP contribution in [0.15, 0.2) is 72.8 Å². The number of anilines is 3. The molecule has 3 aromatic carbocycles. The predicted molar refractivity (Wildman–Crippen MR) is 123 cm³/mol. The van der Waals surface area contributed by atoms with Gasteiger partial charge in [-0.05, 0) is 68.4 Å². The Hall–Kier alpha value is -3.80. The Morgan fingerprint density at radius 1 is 0.968 bits per heavy atom. The van der Waals surface area contributed by atoms with Gasteiger partial charge in [0.05, 0.1) is 7.11 Å². The van der Waals surface area contributed by atoms with E-state index in [9.17, 15) is 9.59 Å². The average molecular weight is 418 g/mol. The van der Waals surface area contributed by atoms with Crippen molar-refractivity contribution in [2.45, 2.75) is 19.9 Å². The molecule has 0 unspecified atom stereocenters. The third-order valence-electron chi connectivity index (χ3n) is 4.67. The van der Waals surface area contributed by atoms with E-state index in [4.69, 9.17) is 9.47 Å². The molecule has 0 spiro atoms. The second kappa shape index (κ2) is 10.3. The molecule has 6 nitrogen and oxygen atoms in total. The highest BCUT2D eigenvalue weighted by Gasteiger charge is 2.20. The zero-order valence-electron chi connectivity index (χ0n) is 17.9. The fourth-order valence-electron chi connectivity index (χ4n) is 3.21. The fourth-order valence-corrected chi connectivity index (χ4v) is 3.21.